The molecule has 0 radical (unpaired) electrons. The summed E-state index contributed by atoms with van der Waals surface area (Å²) in [6.45, 7) is 1.34. The Balaban J connectivity index is 1.50. The van der Waals surface area contributed by atoms with Gasteiger partial charge in [0.05, 0.1) is 12.6 Å². The van der Waals surface area contributed by atoms with E-state index < -0.39 is 7.05 Å². The summed E-state index contributed by atoms with van der Waals surface area (Å²) in [6.07, 6.45) is 5.15. The van der Waals surface area contributed by atoms with E-state index in [0.717, 1.165) is 26.8 Å². The molecule has 4 rings (SSSR count). The van der Waals surface area contributed by atoms with Crippen LogP contribution in [0.4, 0.5) is 5.69 Å². The van der Waals surface area contributed by atoms with Gasteiger partial charge in [0.15, 0.2) is 0 Å². The van der Waals surface area contributed by atoms with Gasteiger partial charge in [0, 0.05) is 30.4 Å². The van der Waals surface area contributed by atoms with Crippen molar-refractivity contribution in [3.63, 3.8) is 0 Å². The zero-order valence-corrected chi connectivity index (χ0v) is 15.2. The molecule has 0 bridgehead atoms. The lowest BCUT2D eigenvalue weighted by molar-refractivity contribution is -0.125. The molecule has 7 nitrogen and oxygen atoms in total. The minimum absolute atomic E-state index is 0.144. The zero-order chi connectivity index (χ0) is 19.7. The number of anilines is 1. The monoisotopic (exact) mass is 372 g/mol. The van der Waals surface area contributed by atoms with Crippen LogP contribution in [0.15, 0.2) is 60.0 Å². The van der Waals surface area contributed by atoms with Gasteiger partial charge < -0.3 is 10.3 Å². The van der Waals surface area contributed by atoms with Crippen LogP contribution >= 0.6 is 0 Å². The highest BCUT2D eigenvalue weighted by molar-refractivity contribution is 6.67. The van der Waals surface area contributed by atoms with Gasteiger partial charge in [-0.1, -0.05) is 24.3 Å². The van der Waals surface area contributed by atoms with Crippen LogP contribution in [0, 0.1) is 0 Å². The summed E-state index contributed by atoms with van der Waals surface area (Å²) in [5, 5.41) is 19.2. The summed E-state index contributed by atoms with van der Waals surface area (Å²) in [5.74, 6) is -0.528. The number of aromatic nitrogens is 1. The number of hydrazone groups is 1. The number of amides is 2. The molecule has 2 amide bonds. The van der Waals surface area contributed by atoms with E-state index in [0.29, 0.717) is 11.2 Å². The topological polar surface area (TPSA) is 94.9 Å². The second-order valence-electron chi connectivity index (χ2n) is 6.61. The van der Waals surface area contributed by atoms with Gasteiger partial charge >= 0.3 is 7.05 Å². The fraction of sp³-hybridized carbons (Fsp3) is 0.100. The molecule has 0 atom stereocenters. The van der Waals surface area contributed by atoms with Gasteiger partial charge in [-0.05, 0) is 40.2 Å². The van der Waals surface area contributed by atoms with Gasteiger partial charge in [0.1, 0.15) is 0 Å². The fourth-order valence-corrected chi connectivity index (χ4v) is 3.20. The number of carbonyl (C=O) groups excluding carboxylic acids is 2. The van der Waals surface area contributed by atoms with Crippen molar-refractivity contribution in [2.45, 2.75) is 13.3 Å². The second-order valence-corrected chi connectivity index (χ2v) is 6.61. The van der Waals surface area contributed by atoms with Gasteiger partial charge in [0.2, 0.25) is 11.8 Å². The van der Waals surface area contributed by atoms with E-state index in [1.54, 1.807) is 24.5 Å². The molecule has 1 aliphatic rings. The highest BCUT2D eigenvalue weighted by Gasteiger charge is 2.31. The van der Waals surface area contributed by atoms with Crippen molar-refractivity contribution in [3.8, 4) is 0 Å². The summed E-state index contributed by atoms with van der Waals surface area (Å²) in [6, 6.07) is 12.8. The molecule has 2 heterocycles. The van der Waals surface area contributed by atoms with Crippen molar-refractivity contribution in [2.24, 2.45) is 5.10 Å². The van der Waals surface area contributed by atoms with Crippen LogP contribution in [0.1, 0.15) is 18.1 Å². The molecule has 0 saturated carbocycles. The third-order valence-corrected chi connectivity index (χ3v) is 4.59. The van der Waals surface area contributed by atoms with Crippen molar-refractivity contribution in [1.82, 2.24) is 9.90 Å². The lowest BCUT2D eigenvalue weighted by Crippen LogP contribution is -2.51. The Labute approximate surface area is 161 Å². The largest absolute Gasteiger partial charge is 0.474 e. The number of nitrogens with zero attached hydrogens (tertiary/aromatic N) is 3. The molecule has 0 fully saturated rings. The van der Waals surface area contributed by atoms with Crippen LogP contribution in [0.3, 0.4) is 0 Å². The summed E-state index contributed by atoms with van der Waals surface area (Å²) in [4.78, 5) is 29.1. The van der Waals surface area contributed by atoms with Gasteiger partial charge in [-0.3, -0.25) is 14.6 Å². The smallest absolute Gasteiger partial charge is 0.427 e. The maximum Gasteiger partial charge on any atom is 0.474 e. The van der Waals surface area contributed by atoms with E-state index in [-0.39, 0.29) is 18.2 Å². The normalized spacial score (nSPS) is 12.8. The maximum atomic E-state index is 12.5. The molecular formula is C20H17BN4O3. The van der Waals surface area contributed by atoms with Gasteiger partial charge in [0.25, 0.3) is 0 Å². The van der Waals surface area contributed by atoms with Crippen LogP contribution in [-0.2, 0) is 16.0 Å². The van der Waals surface area contributed by atoms with Crippen LogP contribution in [0.25, 0.3) is 10.8 Å². The quantitative estimate of drug-likeness (QED) is 0.678. The molecule has 2 aromatic carbocycles. The molecule has 28 heavy (non-hydrogen) atoms. The summed E-state index contributed by atoms with van der Waals surface area (Å²) < 4.78 is 0. The molecule has 1 aromatic heterocycles. The van der Waals surface area contributed by atoms with E-state index in [2.05, 4.69) is 15.4 Å². The first-order chi connectivity index (χ1) is 13.5. The van der Waals surface area contributed by atoms with Crippen LogP contribution < -0.4 is 10.8 Å². The average molecular weight is 372 g/mol. The van der Waals surface area contributed by atoms with Crippen molar-refractivity contribution in [2.75, 3.05) is 5.32 Å². The van der Waals surface area contributed by atoms with E-state index in [1.165, 1.54) is 13.1 Å². The first-order valence-electron chi connectivity index (χ1n) is 8.79. The Bertz CT molecular complexity index is 1120. The number of carbonyl (C=O) groups is 2. The molecule has 1 aliphatic heterocycles. The lowest BCUT2D eigenvalue weighted by atomic mass is 9.69. The SMILES string of the molecule is CC(=O)N1N=Cc2ccc(CC(=O)Nc3ccc4cnccc4c3)cc2B1O. The standard InChI is InChI=1S/C20H17BN4O3/c1-13(26)25-21(28)19-8-14(2-3-17(19)12-23-25)9-20(27)24-18-5-4-16-11-22-7-6-15(16)10-18/h2-8,10-12,28H,9H2,1H3,(H,24,27). The summed E-state index contributed by atoms with van der Waals surface area (Å²) in [5.41, 5.74) is 2.71. The van der Waals surface area contributed by atoms with Crippen LogP contribution in [0.2, 0.25) is 0 Å². The van der Waals surface area contributed by atoms with Gasteiger partial charge in [-0.15, -0.1) is 0 Å². The molecule has 0 unspecified atom stereocenters. The Kier molecular flexibility index (Phi) is 4.63. The lowest BCUT2D eigenvalue weighted by Gasteiger charge is -2.24. The van der Waals surface area contributed by atoms with Crippen molar-refractivity contribution >= 4 is 47.0 Å². The minimum atomic E-state index is -1.16. The molecule has 138 valence electrons. The van der Waals surface area contributed by atoms with Crippen molar-refractivity contribution < 1.29 is 14.6 Å². The number of fused-ring (bicyclic) bond motifs is 2. The highest BCUT2D eigenvalue weighted by atomic mass is 16.2. The number of hydrogen-bond donors (Lipinski definition) is 2. The van der Waals surface area contributed by atoms with Gasteiger partial charge in [-0.25, -0.2) is 4.92 Å². The minimum Gasteiger partial charge on any atom is -0.427 e. The van der Waals surface area contributed by atoms with Gasteiger partial charge in [-0.2, -0.15) is 5.10 Å². The predicted octanol–water partition coefficient (Wildman–Crippen LogP) is 1.30. The highest BCUT2D eigenvalue weighted by Crippen LogP contribution is 2.18. The van der Waals surface area contributed by atoms with Crippen molar-refractivity contribution in [3.05, 3.63) is 66.0 Å². The number of rotatable bonds is 3. The average Bonchev–Trinajstić information content (AvgIpc) is 2.68. The molecule has 0 aliphatic carbocycles. The molecular weight excluding hydrogens is 355 g/mol. The third kappa shape index (κ3) is 3.50. The Morgan fingerprint density at radius 1 is 1.14 bits per heavy atom. The molecule has 3 aromatic rings. The number of pyridine rings is 1. The van der Waals surface area contributed by atoms with Crippen LogP contribution in [0.5, 0.6) is 0 Å². The predicted molar refractivity (Wildman–Crippen MR) is 108 cm³/mol. The van der Waals surface area contributed by atoms with E-state index in [9.17, 15) is 14.6 Å². The van der Waals surface area contributed by atoms with E-state index >= 15 is 0 Å². The first-order valence-corrected chi connectivity index (χ1v) is 8.79. The van der Waals surface area contributed by atoms with E-state index in [1.807, 2.05) is 30.3 Å². The molecule has 8 heteroatoms. The molecule has 0 saturated heterocycles. The van der Waals surface area contributed by atoms with Crippen LogP contribution in [-0.4, -0.2) is 40.0 Å². The fourth-order valence-electron chi connectivity index (χ4n) is 3.20. The number of nitrogens with one attached hydrogen (secondary N) is 1. The molecule has 0 spiro atoms. The Morgan fingerprint density at radius 2 is 2.00 bits per heavy atom. The first kappa shape index (κ1) is 17.9. The second kappa shape index (κ2) is 7.24. The maximum absolute atomic E-state index is 12.5. The van der Waals surface area contributed by atoms with E-state index in [4.69, 9.17) is 0 Å². The number of benzene rings is 2. The number of hydrogen-bond acceptors (Lipinski definition) is 5. The third-order valence-electron chi connectivity index (χ3n) is 4.59. The summed E-state index contributed by atoms with van der Waals surface area (Å²) in [7, 11) is -1.16. The zero-order valence-electron chi connectivity index (χ0n) is 15.2. The molecule has 2 N–H and O–H groups in total. The Hall–Kier alpha value is -3.52. The Morgan fingerprint density at radius 3 is 2.82 bits per heavy atom. The van der Waals surface area contributed by atoms with Crippen molar-refractivity contribution in [1.29, 1.82) is 0 Å². The summed E-state index contributed by atoms with van der Waals surface area (Å²) >= 11 is 0.